The summed E-state index contributed by atoms with van der Waals surface area (Å²) in [5.41, 5.74) is 0.376. The number of carbonyl (C=O) groups excluding carboxylic acids is 2. The molecule has 2 atom stereocenters. The van der Waals surface area contributed by atoms with Gasteiger partial charge in [0.25, 0.3) is 0 Å². The Morgan fingerprint density at radius 3 is 2.36 bits per heavy atom. The van der Waals surface area contributed by atoms with E-state index in [-0.39, 0.29) is 11.9 Å². The Morgan fingerprint density at radius 1 is 1.11 bits per heavy atom. The Bertz CT molecular complexity index is 621. The summed E-state index contributed by atoms with van der Waals surface area (Å²) < 4.78 is 11.2. The van der Waals surface area contributed by atoms with Crippen LogP contribution in [-0.4, -0.2) is 35.8 Å². The molecule has 0 spiro atoms. The van der Waals surface area contributed by atoms with Crippen LogP contribution in [0.15, 0.2) is 30.3 Å². The molecule has 156 valence electrons. The first kappa shape index (κ1) is 22.2. The van der Waals surface area contributed by atoms with E-state index in [9.17, 15) is 9.59 Å². The van der Waals surface area contributed by atoms with Gasteiger partial charge in [-0.25, -0.2) is 4.79 Å². The maximum atomic E-state index is 12.9. The Hall–Kier alpha value is -2.08. The van der Waals surface area contributed by atoms with Crippen LogP contribution in [0.1, 0.15) is 65.4 Å². The average Bonchev–Trinajstić information content (AvgIpc) is 2.64. The highest BCUT2D eigenvalue weighted by Gasteiger charge is 2.31. The molecule has 6 heteroatoms. The Balaban J connectivity index is 2.00. The molecule has 0 unspecified atom stereocenters. The third-order valence-electron chi connectivity index (χ3n) is 4.73. The minimum absolute atomic E-state index is 0.158. The lowest BCUT2D eigenvalue weighted by atomic mass is 9.95. The third kappa shape index (κ3) is 7.89. The smallest absolute Gasteiger partial charge is 0.408 e. The standard InChI is InChI=1S/C22H34N2O4/c1-16(27-15-17-11-7-5-8-12-17)19(24-21(26)28-22(2,3)4)20(25)23-18-13-9-6-10-14-18/h5,7-8,11-12,16,18-19H,6,9-10,13-15H2,1-4H3,(H,23,25)(H,24,26)/t16-,19-/m1/s1. The Labute approximate surface area is 168 Å². The number of carbonyl (C=O) groups is 2. The Kier molecular flexibility index (Phi) is 8.30. The predicted octanol–water partition coefficient (Wildman–Crippen LogP) is 3.93. The molecule has 1 aromatic rings. The second-order valence-corrected chi connectivity index (χ2v) is 8.47. The topological polar surface area (TPSA) is 76.7 Å². The summed E-state index contributed by atoms with van der Waals surface area (Å²) in [5, 5.41) is 5.78. The molecule has 1 aliphatic carbocycles. The van der Waals surface area contributed by atoms with Gasteiger partial charge in [-0.1, -0.05) is 49.6 Å². The van der Waals surface area contributed by atoms with Crippen molar-refractivity contribution in [3.63, 3.8) is 0 Å². The average molecular weight is 391 g/mol. The van der Waals surface area contributed by atoms with E-state index in [1.54, 1.807) is 27.7 Å². The van der Waals surface area contributed by atoms with Crippen molar-refractivity contribution in [1.29, 1.82) is 0 Å². The van der Waals surface area contributed by atoms with Gasteiger partial charge in [-0.15, -0.1) is 0 Å². The van der Waals surface area contributed by atoms with Crippen molar-refractivity contribution in [2.45, 2.75) is 90.2 Å². The van der Waals surface area contributed by atoms with Crippen LogP contribution in [0.5, 0.6) is 0 Å². The van der Waals surface area contributed by atoms with Crippen LogP contribution in [0.25, 0.3) is 0 Å². The van der Waals surface area contributed by atoms with Gasteiger partial charge in [0.05, 0.1) is 12.7 Å². The van der Waals surface area contributed by atoms with Crippen molar-refractivity contribution in [1.82, 2.24) is 10.6 Å². The molecule has 0 bridgehead atoms. The second-order valence-electron chi connectivity index (χ2n) is 8.47. The van der Waals surface area contributed by atoms with Crippen molar-refractivity contribution >= 4 is 12.0 Å². The summed E-state index contributed by atoms with van der Waals surface area (Å²) in [5.74, 6) is -0.224. The molecule has 0 saturated heterocycles. The molecule has 0 aromatic heterocycles. The molecule has 1 fully saturated rings. The van der Waals surface area contributed by atoms with Gasteiger partial charge in [0.1, 0.15) is 11.6 Å². The van der Waals surface area contributed by atoms with Crippen molar-refractivity contribution in [2.24, 2.45) is 0 Å². The van der Waals surface area contributed by atoms with E-state index in [2.05, 4.69) is 10.6 Å². The van der Waals surface area contributed by atoms with Gasteiger partial charge in [0.2, 0.25) is 5.91 Å². The van der Waals surface area contributed by atoms with Crippen LogP contribution in [-0.2, 0) is 20.9 Å². The van der Waals surface area contributed by atoms with E-state index in [1.807, 2.05) is 30.3 Å². The zero-order valence-electron chi connectivity index (χ0n) is 17.5. The van der Waals surface area contributed by atoms with Crippen molar-refractivity contribution in [2.75, 3.05) is 0 Å². The first-order valence-corrected chi connectivity index (χ1v) is 10.2. The molecule has 0 heterocycles. The molecule has 1 saturated carbocycles. The predicted molar refractivity (Wildman–Crippen MR) is 109 cm³/mol. The zero-order valence-corrected chi connectivity index (χ0v) is 17.5. The largest absolute Gasteiger partial charge is 0.444 e. The van der Waals surface area contributed by atoms with Crippen LogP contribution >= 0.6 is 0 Å². The molecule has 2 rings (SSSR count). The number of nitrogens with one attached hydrogen (secondary N) is 2. The molecule has 1 aromatic carbocycles. The van der Waals surface area contributed by atoms with E-state index in [1.165, 1.54) is 6.42 Å². The monoisotopic (exact) mass is 390 g/mol. The molecular formula is C22H34N2O4. The molecule has 2 amide bonds. The number of benzene rings is 1. The van der Waals surface area contributed by atoms with E-state index < -0.39 is 23.8 Å². The van der Waals surface area contributed by atoms with Crippen molar-refractivity contribution < 1.29 is 19.1 Å². The minimum atomic E-state index is -0.819. The van der Waals surface area contributed by atoms with Crippen LogP contribution in [0.4, 0.5) is 4.79 Å². The van der Waals surface area contributed by atoms with E-state index >= 15 is 0 Å². The maximum Gasteiger partial charge on any atom is 0.408 e. The highest BCUT2D eigenvalue weighted by atomic mass is 16.6. The summed E-state index contributed by atoms with van der Waals surface area (Å²) >= 11 is 0. The molecule has 6 nitrogen and oxygen atoms in total. The van der Waals surface area contributed by atoms with Gasteiger partial charge in [-0.2, -0.15) is 0 Å². The van der Waals surface area contributed by atoms with E-state index in [4.69, 9.17) is 9.47 Å². The third-order valence-corrected chi connectivity index (χ3v) is 4.73. The minimum Gasteiger partial charge on any atom is -0.444 e. The summed E-state index contributed by atoms with van der Waals surface area (Å²) in [4.78, 5) is 25.2. The van der Waals surface area contributed by atoms with Crippen molar-refractivity contribution in [3.05, 3.63) is 35.9 Å². The summed E-state index contributed by atoms with van der Waals surface area (Å²) in [7, 11) is 0. The number of hydrogen-bond acceptors (Lipinski definition) is 4. The van der Waals surface area contributed by atoms with Gasteiger partial charge < -0.3 is 20.1 Å². The molecule has 2 N–H and O–H groups in total. The normalized spacial score (nSPS) is 17.4. The van der Waals surface area contributed by atoms with E-state index in [0.717, 1.165) is 31.2 Å². The number of rotatable bonds is 7. The van der Waals surface area contributed by atoms with Crippen LogP contribution < -0.4 is 10.6 Å². The first-order chi connectivity index (χ1) is 13.2. The second kappa shape index (κ2) is 10.5. The summed E-state index contributed by atoms with van der Waals surface area (Å²) in [6.45, 7) is 7.54. The maximum absolute atomic E-state index is 12.9. The molecule has 0 radical (unpaired) electrons. The van der Waals surface area contributed by atoms with Gasteiger partial charge in [0.15, 0.2) is 0 Å². The number of amides is 2. The van der Waals surface area contributed by atoms with Crippen LogP contribution in [0.3, 0.4) is 0 Å². The molecular weight excluding hydrogens is 356 g/mol. The van der Waals surface area contributed by atoms with Crippen LogP contribution in [0, 0.1) is 0 Å². The molecule has 1 aliphatic rings. The highest BCUT2D eigenvalue weighted by molar-refractivity contribution is 5.86. The number of alkyl carbamates (subject to hydrolysis) is 1. The van der Waals surface area contributed by atoms with Gasteiger partial charge in [0, 0.05) is 6.04 Å². The SMILES string of the molecule is C[C@@H](OCc1ccccc1)[C@@H](NC(=O)OC(C)(C)C)C(=O)NC1CCCCC1. The number of hydrogen-bond donors (Lipinski definition) is 2. The first-order valence-electron chi connectivity index (χ1n) is 10.2. The fraction of sp³-hybridized carbons (Fsp3) is 0.636. The quantitative estimate of drug-likeness (QED) is 0.739. The van der Waals surface area contributed by atoms with Crippen molar-refractivity contribution in [3.8, 4) is 0 Å². The molecule has 28 heavy (non-hydrogen) atoms. The van der Waals surface area contributed by atoms with Crippen LogP contribution in [0.2, 0.25) is 0 Å². The lowest BCUT2D eigenvalue weighted by molar-refractivity contribution is -0.128. The lowest BCUT2D eigenvalue weighted by Gasteiger charge is -2.29. The number of ether oxygens (including phenoxy) is 2. The van der Waals surface area contributed by atoms with E-state index in [0.29, 0.717) is 6.61 Å². The lowest BCUT2D eigenvalue weighted by Crippen LogP contribution is -2.55. The zero-order chi connectivity index (χ0) is 20.6. The van der Waals surface area contributed by atoms with Gasteiger partial charge >= 0.3 is 6.09 Å². The summed E-state index contributed by atoms with van der Waals surface area (Å²) in [6.07, 6.45) is 4.28. The van der Waals surface area contributed by atoms with Gasteiger partial charge in [-0.05, 0) is 46.1 Å². The Morgan fingerprint density at radius 2 is 1.75 bits per heavy atom. The molecule has 0 aliphatic heterocycles. The van der Waals surface area contributed by atoms with Gasteiger partial charge in [-0.3, -0.25) is 4.79 Å². The highest BCUT2D eigenvalue weighted by Crippen LogP contribution is 2.18. The fourth-order valence-electron chi connectivity index (χ4n) is 3.27. The fourth-order valence-corrected chi connectivity index (χ4v) is 3.27. The summed E-state index contributed by atoms with van der Waals surface area (Å²) in [6, 6.07) is 9.09.